The number of thiophene rings is 1. The summed E-state index contributed by atoms with van der Waals surface area (Å²) in [5.74, 6) is -0.403. The predicted molar refractivity (Wildman–Crippen MR) is 102 cm³/mol. The zero-order valence-electron chi connectivity index (χ0n) is 14.8. The number of nitrogens with zero attached hydrogens (tertiary/aromatic N) is 2. The van der Waals surface area contributed by atoms with Gasteiger partial charge in [-0.05, 0) is 24.1 Å². The van der Waals surface area contributed by atoms with Crippen molar-refractivity contribution in [2.75, 3.05) is 0 Å². The van der Waals surface area contributed by atoms with Gasteiger partial charge in [0.2, 0.25) is 5.91 Å². The smallest absolute Gasteiger partial charge is 0.263 e. The van der Waals surface area contributed by atoms with Crippen LogP contribution in [0.2, 0.25) is 0 Å². The number of hydrogen-bond acceptors (Lipinski definition) is 4. The second-order valence-electron chi connectivity index (χ2n) is 6.46. The van der Waals surface area contributed by atoms with Crippen molar-refractivity contribution in [1.82, 2.24) is 9.55 Å². The molecule has 0 aliphatic carbocycles. The van der Waals surface area contributed by atoms with E-state index >= 15 is 0 Å². The molecule has 1 atom stereocenters. The van der Waals surface area contributed by atoms with Gasteiger partial charge in [0, 0.05) is 16.9 Å². The van der Waals surface area contributed by atoms with Gasteiger partial charge in [-0.25, -0.2) is 9.37 Å². The molecule has 0 aliphatic rings. The number of nitrogens with two attached hydrogens (primary N) is 1. The molecule has 3 aromatic rings. The van der Waals surface area contributed by atoms with Gasteiger partial charge in [0.15, 0.2) is 0 Å². The van der Waals surface area contributed by atoms with Crippen LogP contribution in [0.4, 0.5) is 4.39 Å². The van der Waals surface area contributed by atoms with Gasteiger partial charge in [0.1, 0.15) is 22.5 Å². The van der Waals surface area contributed by atoms with E-state index in [-0.39, 0.29) is 17.3 Å². The Kier molecular flexibility index (Phi) is 4.91. The van der Waals surface area contributed by atoms with Gasteiger partial charge in [-0.3, -0.25) is 14.2 Å². The molecule has 0 aliphatic heterocycles. The fraction of sp³-hybridized carbons (Fsp3) is 0.316. The third-order valence-electron chi connectivity index (χ3n) is 4.37. The molecule has 1 aromatic carbocycles. The number of fused-ring (bicyclic) bond motifs is 1. The first-order valence-corrected chi connectivity index (χ1v) is 9.32. The van der Waals surface area contributed by atoms with Crippen LogP contribution < -0.4 is 11.3 Å². The first kappa shape index (κ1) is 18.3. The maximum absolute atomic E-state index is 13.3. The van der Waals surface area contributed by atoms with Gasteiger partial charge in [-0.15, -0.1) is 11.3 Å². The van der Waals surface area contributed by atoms with E-state index in [1.807, 2.05) is 26.2 Å². The largest absolute Gasteiger partial charge is 0.368 e. The third kappa shape index (κ3) is 3.03. The number of rotatable bonds is 5. The average Bonchev–Trinajstić information content (AvgIpc) is 3.01. The minimum Gasteiger partial charge on any atom is -0.368 e. The van der Waals surface area contributed by atoms with E-state index < -0.39 is 11.9 Å². The van der Waals surface area contributed by atoms with Crippen LogP contribution in [-0.4, -0.2) is 15.5 Å². The van der Waals surface area contributed by atoms with Gasteiger partial charge < -0.3 is 5.73 Å². The molecule has 0 spiro atoms. The van der Waals surface area contributed by atoms with Crippen LogP contribution in [0.25, 0.3) is 21.3 Å². The van der Waals surface area contributed by atoms with Crippen molar-refractivity contribution in [1.29, 1.82) is 0 Å². The summed E-state index contributed by atoms with van der Waals surface area (Å²) in [7, 11) is 0. The summed E-state index contributed by atoms with van der Waals surface area (Å²) in [5.41, 5.74) is 6.66. The molecule has 1 unspecified atom stereocenters. The van der Waals surface area contributed by atoms with Crippen molar-refractivity contribution < 1.29 is 9.18 Å². The molecule has 5 nitrogen and oxygen atoms in total. The Morgan fingerprint density at radius 1 is 1.31 bits per heavy atom. The maximum Gasteiger partial charge on any atom is 0.263 e. The summed E-state index contributed by atoms with van der Waals surface area (Å²) in [6, 6.07) is 5.21. The monoisotopic (exact) mass is 373 g/mol. The molecule has 7 heteroatoms. The highest BCUT2D eigenvalue weighted by atomic mass is 32.1. The SMILES string of the molecule is CCC(C(N)=O)n1c(C(C)C)nc2scc(-c3ccc(F)cc3)c2c1=O. The van der Waals surface area contributed by atoms with E-state index in [0.29, 0.717) is 28.0 Å². The van der Waals surface area contributed by atoms with Crippen molar-refractivity contribution in [3.63, 3.8) is 0 Å². The highest BCUT2D eigenvalue weighted by Crippen LogP contribution is 2.32. The standard InChI is InChI=1S/C19H20FN3O2S/c1-4-14(16(21)24)23-17(10(2)3)22-18-15(19(23)25)13(9-26-18)11-5-7-12(20)8-6-11/h5-10,14H,4H2,1-3H3,(H2,21,24). The van der Waals surface area contributed by atoms with Crippen LogP contribution in [0.3, 0.4) is 0 Å². The first-order chi connectivity index (χ1) is 12.3. The van der Waals surface area contributed by atoms with Crippen molar-refractivity contribution in [2.45, 2.75) is 39.2 Å². The van der Waals surface area contributed by atoms with Crippen molar-refractivity contribution in [2.24, 2.45) is 5.73 Å². The van der Waals surface area contributed by atoms with E-state index in [1.54, 1.807) is 12.1 Å². The summed E-state index contributed by atoms with van der Waals surface area (Å²) in [6.45, 7) is 5.66. The minimum atomic E-state index is -0.752. The van der Waals surface area contributed by atoms with Crippen LogP contribution in [-0.2, 0) is 4.79 Å². The summed E-state index contributed by atoms with van der Waals surface area (Å²) < 4.78 is 14.7. The van der Waals surface area contributed by atoms with Crippen LogP contribution in [0, 0.1) is 5.82 Å². The normalized spacial score (nSPS) is 12.7. The molecule has 0 saturated carbocycles. The Bertz CT molecular complexity index is 1020. The van der Waals surface area contributed by atoms with E-state index in [4.69, 9.17) is 5.73 Å². The second-order valence-corrected chi connectivity index (χ2v) is 7.32. The lowest BCUT2D eigenvalue weighted by atomic mass is 10.1. The molecule has 0 fully saturated rings. The quantitative estimate of drug-likeness (QED) is 0.738. The van der Waals surface area contributed by atoms with Gasteiger partial charge in [0.25, 0.3) is 5.56 Å². The second kappa shape index (κ2) is 6.99. The van der Waals surface area contributed by atoms with Crippen molar-refractivity contribution in [3.8, 4) is 11.1 Å². The van der Waals surface area contributed by atoms with Gasteiger partial charge in [-0.1, -0.05) is 32.9 Å². The molecule has 0 radical (unpaired) electrons. The molecular weight excluding hydrogens is 353 g/mol. The Labute approximate surface area is 154 Å². The summed E-state index contributed by atoms with van der Waals surface area (Å²) >= 11 is 1.36. The predicted octanol–water partition coefficient (Wildman–Crippen LogP) is 3.82. The fourth-order valence-corrected chi connectivity index (χ4v) is 4.03. The topological polar surface area (TPSA) is 78.0 Å². The van der Waals surface area contributed by atoms with Gasteiger partial charge >= 0.3 is 0 Å². The molecule has 0 saturated heterocycles. The van der Waals surface area contributed by atoms with Crippen LogP contribution in [0.1, 0.15) is 45.0 Å². The number of halogens is 1. The van der Waals surface area contributed by atoms with E-state index in [2.05, 4.69) is 4.98 Å². The third-order valence-corrected chi connectivity index (χ3v) is 5.24. The summed E-state index contributed by atoms with van der Waals surface area (Å²) in [4.78, 5) is 30.5. The molecule has 1 amide bonds. The first-order valence-electron chi connectivity index (χ1n) is 8.44. The van der Waals surface area contributed by atoms with Crippen molar-refractivity contribution >= 4 is 27.5 Å². The molecular formula is C19H20FN3O2S. The van der Waals surface area contributed by atoms with Gasteiger partial charge in [0.05, 0.1) is 5.39 Å². The zero-order valence-corrected chi connectivity index (χ0v) is 15.6. The maximum atomic E-state index is 13.3. The molecule has 2 N–H and O–H groups in total. The molecule has 2 heterocycles. The Balaban J connectivity index is 2.35. The number of benzene rings is 1. The number of aromatic nitrogens is 2. The van der Waals surface area contributed by atoms with Gasteiger partial charge in [-0.2, -0.15) is 0 Å². The molecule has 3 rings (SSSR count). The lowest BCUT2D eigenvalue weighted by Gasteiger charge is -2.21. The zero-order chi connectivity index (χ0) is 19.0. The van der Waals surface area contributed by atoms with Crippen LogP contribution in [0.5, 0.6) is 0 Å². The highest BCUT2D eigenvalue weighted by Gasteiger charge is 2.25. The summed E-state index contributed by atoms with van der Waals surface area (Å²) in [6.07, 6.45) is 0.401. The molecule has 26 heavy (non-hydrogen) atoms. The van der Waals surface area contributed by atoms with Crippen LogP contribution >= 0.6 is 11.3 Å². The molecule has 2 aromatic heterocycles. The Morgan fingerprint density at radius 3 is 2.50 bits per heavy atom. The lowest BCUT2D eigenvalue weighted by Crippen LogP contribution is -2.36. The van der Waals surface area contributed by atoms with E-state index in [0.717, 1.165) is 5.56 Å². The number of amides is 1. The lowest BCUT2D eigenvalue weighted by molar-refractivity contribution is -0.121. The van der Waals surface area contributed by atoms with E-state index in [1.165, 1.54) is 28.0 Å². The van der Waals surface area contributed by atoms with Crippen molar-refractivity contribution in [3.05, 3.63) is 51.6 Å². The molecule has 0 bridgehead atoms. The average molecular weight is 373 g/mol. The Morgan fingerprint density at radius 2 is 1.96 bits per heavy atom. The number of primary amides is 1. The Hall–Kier alpha value is -2.54. The summed E-state index contributed by atoms with van der Waals surface area (Å²) in [5, 5.41) is 2.28. The minimum absolute atomic E-state index is 0.0446. The molecule has 136 valence electrons. The number of carbonyl (C=O) groups is 1. The highest BCUT2D eigenvalue weighted by molar-refractivity contribution is 7.17. The van der Waals surface area contributed by atoms with E-state index in [9.17, 15) is 14.0 Å². The number of carbonyl (C=O) groups excluding carboxylic acids is 1. The van der Waals surface area contributed by atoms with Crippen LogP contribution in [0.15, 0.2) is 34.4 Å². The fourth-order valence-electron chi connectivity index (χ4n) is 3.08. The number of hydrogen-bond donors (Lipinski definition) is 1.